The first-order valence-corrected chi connectivity index (χ1v) is 13.7. The molecule has 2 aliphatic heterocycles. The lowest BCUT2D eigenvalue weighted by atomic mass is 9.77. The van der Waals surface area contributed by atoms with Crippen LogP contribution in [-0.2, 0) is 4.74 Å². The van der Waals surface area contributed by atoms with Crippen molar-refractivity contribution in [2.75, 3.05) is 38.3 Å². The Kier molecular flexibility index (Phi) is 8.51. The molecule has 39 heavy (non-hydrogen) atoms. The summed E-state index contributed by atoms with van der Waals surface area (Å²) in [6.45, 7) is 11.8. The number of aliphatic hydroxyl groups excluding tert-OH is 1. The zero-order valence-corrected chi connectivity index (χ0v) is 24.4. The number of allylic oxidation sites excluding steroid dienone is 2. The van der Waals surface area contributed by atoms with Crippen LogP contribution in [0.3, 0.4) is 0 Å². The zero-order valence-electron chi connectivity index (χ0n) is 23.6. The Balaban J connectivity index is 1.75. The number of hydrogen-bond donors (Lipinski definition) is 2. The summed E-state index contributed by atoms with van der Waals surface area (Å²) < 4.78 is 10.8. The highest BCUT2D eigenvalue weighted by Gasteiger charge is 2.56. The number of methoxy groups -OCH3 is 1. The number of nitrogens with zero attached hydrogens (tertiary/aromatic N) is 4. The predicted molar refractivity (Wildman–Crippen MR) is 154 cm³/mol. The van der Waals surface area contributed by atoms with Crippen molar-refractivity contribution in [1.29, 1.82) is 5.41 Å². The molecule has 2 aliphatic rings. The number of hydrogen-bond acceptors (Lipinski definition) is 8. The van der Waals surface area contributed by atoms with E-state index >= 15 is 0 Å². The second-order valence-electron chi connectivity index (χ2n) is 10.7. The van der Waals surface area contributed by atoms with Crippen LogP contribution in [0.2, 0.25) is 5.02 Å². The number of aromatic nitrogens is 2. The Bertz CT molecular complexity index is 1300. The van der Waals surface area contributed by atoms with Gasteiger partial charge in [-0.3, -0.25) is 4.90 Å². The number of halogens is 1. The molecule has 1 aromatic heterocycles. The van der Waals surface area contributed by atoms with Gasteiger partial charge >= 0.3 is 6.09 Å². The molecule has 1 amide bonds. The van der Waals surface area contributed by atoms with Gasteiger partial charge in [-0.25, -0.2) is 14.8 Å². The van der Waals surface area contributed by atoms with E-state index in [0.29, 0.717) is 59.6 Å². The molecule has 9 nitrogen and oxygen atoms in total. The summed E-state index contributed by atoms with van der Waals surface area (Å²) >= 11 is 6.66. The van der Waals surface area contributed by atoms with Gasteiger partial charge in [0.25, 0.3) is 0 Å². The lowest BCUT2D eigenvalue weighted by molar-refractivity contribution is -0.0254. The number of nitrogens with one attached hydrogen (secondary N) is 1. The maximum atomic E-state index is 12.2. The van der Waals surface area contributed by atoms with Crippen LogP contribution in [0.25, 0.3) is 17.0 Å². The van der Waals surface area contributed by atoms with Crippen molar-refractivity contribution in [2.45, 2.75) is 65.5 Å². The third-order valence-electron chi connectivity index (χ3n) is 7.51. The van der Waals surface area contributed by atoms with E-state index in [9.17, 15) is 9.90 Å². The van der Waals surface area contributed by atoms with E-state index in [1.165, 1.54) is 7.11 Å². The fourth-order valence-electron chi connectivity index (χ4n) is 5.42. The number of aliphatic hydroxyl groups is 1. The van der Waals surface area contributed by atoms with Crippen molar-refractivity contribution in [3.8, 4) is 17.1 Å². The van der Waals surface area contributed by atoms with Crippen molar-refractivity contribution < 1.29 is 19.4 Å². The Hall–Kier alpha value is -3.17. The summed E-state index contributed by atoms with van der Waals surface area (Å²) in [6.07, 6.45) is 1.59. The quantitative estimate of drug-likeness (QED) is 0.392. The summed E-state index contributed by atoms with van der Waals surface area (Å²) in [5, 5.41) is 19.1. The number of amides is 1. The molecule has 1 aromatic carbocycles. The van der Waals surface area contributed by atoms with Gasteiger partial charge in [0.15, 0.2) is 5.82 Å². The lowest BCUT2D eigenvalue weighted by Crippen LogP contribution is -2.78. The van der Waals surface area contributed by atoms with Crippen molar-refractivity contribution in [3.05, 3.63) is 40.1 Å². The Morgan fingerprint density at radius 3 is 2.54 bits per heavy atom. The minimum atomic E-state index is -0.548. The maximum Gasteiger partial charge on any atom is 0.410 e. The maximum absolute atomic E-state index is 12.2. The van der Waals surface area contributed by atoms with Crippen molar-refractivity contribution in [2.24, 2.45) is 0 Å². The third kappa shape index (κ3) is 5.61. The Morgan fingerprint density at radius 2 is 1.97 bits per heavy atom. The lowest BCUT2D eigenvalue weighted by Gasteiger charge is -2.62. The zero-order chi connectivity index (χ0) is 28.5. The van der Waals surface area contributed by atoms with Crippen LogP contribution in [-0.4, -0.2) is 76.8 Å². The average molecular weight is 556 g/mol. The first-order valence-electron chi connectivity index (χ1n) is 13.3. The molecular weight excluding hydrogens is 518 g/mol. The Labute approximate surface area is 235 Å². The molecule has 1 atom stereocenters. The second-order valence-corrected chi connectivity index (χ2v) is 11.1. The highest BCUT2D eigenvalue weighted by Crippen LogP contribution is 2.43. The van der Waals surface area contributed by atoms with Crippen LogP contribution in [0.1, 0.15) is 58.2 Å². The number of carbonyl (C=O) groups excluding carboxylic acids is 1. The van der Waals surface area contributed by atoms with Crippen LogP contribution in [0.4, 0.5) is 10.6 Å². The second kappa shape index (κ2) is 11.5. The molecule has 0 bridgehead atoms. The molecule has 0 unspecified atom stereocenters. The molecule has 0 aliphatic carbocycles. The van der Waals surface area contributed by atoms with Crippen LogP contribution in [0.15, 0.2) is 23.8 Å². The SMILES string of the molecule is CCC[C@@H](O)COc1ccc(Cl)c(-c2nc(C(C(C)=N)=C(C)C)c(C)c(N3CC4(CCN4C(=O)OC)C3)n2)c1. The molecule has 210 valence electrons. The van der Waals surface area contributed by atoms with E-state index in [0.717, 1.165) is 35.4 Å². The summed E-state index contributed by atoms with van der Waals surface area (Å²) in [4.78, 5) is 26.1. The number of rotatable bonds is 9. The molecule has 2 fully saturated rings. The van der Waals surface area contributed by atoms with E-state index < -0.39 is 6.10 Å². The normalized spacial score (nSPS) is 16.3. The fourth-order valence-corrected chi connectivity index (χ4v) is 5.62. The van der Waals surface area contributed by atoms with Gasteiger partial charge in [0.05, 0.1) is 29.5 Å². The molecular formula is C29H38ClN5O4. The van der Waals surface area contributed by atoms with Crippen LogP contribution >= 0.6 is 11.6 Å². The van der Waals surface area contributed by atoms with Crippen molar-refractivity contribution in [3.63, 3.8) is 0 Å². The summed E-state index contributed by atoms with van der Waals surface area (Å²) in [5.74, 6) is 1.74. The van der Waals surface area contributed by atoms with Gasteiger partial charge < -0.3 is 24.9 Å². The molecule has 2 saturated heterocycles. The standard InChI is InChI=1S/C29H38ClN5O4/c1-7-8-20(36)14-39-21-9-10-23(30)22(13-21)26-32-25(24(17(2)3)19(5)31)18(4)27(33-26)34-15-29(16-34)11-12-35(29)28(37)38-6/h9-10,13,20,31,36H,7-8,11-12,14-16H2,1-6H3/t20-/m1/s1. The first-order chi connectivity index (χ1) is 18.5. The number of anilines is 1. The molecule has 1 spiro atoms. The largest absolute Gasteiger partial charge is 0.491 e. The van der Waals surface area contributed by atoms with Gasteiger partial charge in [0, 0.05) is 42.0 Å². The molecule has 4 rings (SSSR count). The van der Waals surface area contributed by atoms with Crippen LogP contribution < -0.4 is 9.64 Å². The van der Waals surface area contributed by atoms with Gasteiger partial charge in [-0.2, -0.15) is 0 Å². The van der Waals surface area contributed by atoms with Gasteiger partial charge in [-0.05, 0) is 58.7 Å². The summed E-state index contributed by atoms with van der Waals surface area (Å²) in [7, 11) is 1.41. The number of benzene rings is 1. The summed E-state index contributed by atoms with van der Waals surface area (Å²) in [6, 6.07) is 5.30. The molecule has 0 radical (unpaired) electrons. The smallest absolute Gasteiger partial charge is 0.410 e. The highest BCUT2D eigenvalue weighted by molar-refractivity contribution is 6.33. The van der Waals surface area contributed by atoms with Gasteiger partial charge in [0.1, 0.15) is 18.2 Å². The van der Waals surface area contributed by atoms with Crippen LogP contribution in [0, 0.1) is 12.3 Å². The van der Waals surface area contributed by atoms with E-state index in [4.69, 9.17) is 36.5 Å². The van der Waals surface area contributed by atoms with Crippen LogP contribution in [0.5, 0.6) is 5.75 Å². The number of likely N-dealkylation sites (tertiary alicyclic amines) is 1. The molecule has 0 saturated carbocycles. The van der Waals surface area contributed by atoms with Crippen molar-refractivity contribution >= 4 is 34.8 Å². The van der Waals surface area contributed by atoms with E-state index in [1.54, 1.807) is 30.0 Å². The predicted octanol–water partition coefficient (Wildman–Crippen LogP) is 5.51. The molecule has 3 heterocycles. The van der Waals surface area contributed by atoms with Gasteiger partial charge in [-0.15, -0.1) is 0 Å². The Morgan fingerprint density at radius 1 is 1.26 bits per heavy atom. The topological polar surface area (TPSA) is 112 Å². The minimum absolute atomic E-state index is 0.182. The number of carbonyl (C=O) groups is 1. The van der Waals surface area contributed by atoms with Gasteiger partial charge in [-0.1, -0.05) is 30.5 Å². The minimum Gasteiger partial charge on any atom is -0.491 e. The van der Waals surface area contributed by atoms with Gasteiger partial charge in [0.2, 0.25) is 0 Å². The molecule has 10 heteroatoms. The fraction of sp³-hybridized carbons (Fsp3) is 0.517. The monoisotopic (exact) mass is 555 g/mol. The third-order valence-corrected chi connectivity index (χ3v) is 7.84. The van der Waals surface area contributed by atoms with E-state index in [-0.39, 0.29) is 18.2 Å². The van der Waals surface area contributed by atoms with E-state index in [1.807, 2.05) is 27.7 Å². The molecule has 2 aromatic rings. The average Bonchev–Trinajstić information content (AvgIpc) is 2.83. The highest BCUT2D eigenvalue weighted by atomic mass is 35.5. The summed E-state index contributed by atoms with van der Waals surface area (Å²) in [5.41, 5.74) is 4.06. The number of ether oxygens (including phenoxy) is 2. The first kappa shape index (κ1) is 28.8. The molecule has 2 N–H and O–H groups in total. The van der Waals surface area contributed by atoms with E-state index in [2.05, 4.69) is 4.90 Å². The van der Waals surface area contributed by atoms with Crippen molar-refractivity contribution in [1.82, 2.24) is 14.9 Å².